The lowest BCUT2D eigenvalue weighted by molar-refractivity contribution is 0.411. The van der Waals surface area contributed by atoms with Gasteiger partial charge in [0.2, 0.25) is 0 Å². The van der Waals surface area contributed by atoms with Crippen LogP contribution in [0.1, 0.15) is 30.9 Å². The van der Waals surface area contributed by atoms with Crippen molar-refractivity contribution in [3.8, 4) is 0 Å². The van der Waals surface area contributed by atoms with Gasteiger partial charge in [-0.3, -0.25) is 0 Å². The van der Waals surface area contributed by atoms with Crippen LogP contribution < -0.4 is 5.32 Å². The van der Waals surface area contributed by atoms with Crippen molar-refractivity contribution in [1.29, 1.82) is 0 Å². The van der Waals surface area contributed by atoms with Crippen LogP contribution in [0.2, 0.25) is 0 Å². The van der Waals surface area contributed by atoms with Crippen molar-refractivity contribution in [1.82, 2.24) is 5.32 Å². The highest BCUT2D eigenvalue weighted by Gasteiger charge is 2.16. The second-order valence-electron chi connectivity index (χ2n) is 3.67. The minimum absolute atomic E-state index is 0.524. The molecule has 1 saturated heterocycles. The number of hydrogen-bond donors (Lipinski definition) is 1. The molecule has 0 spiro atoms. The fourth-order valence-electron chi connectivity index (χ4n) is 1.90. The van der Waals surface area contributed by atoms with Crippen LogP contribution in [0.25, 0.3) is 0 Å². The van der Waals surface area contributed by atoms with Gasteiger partial charge in [0.15, 0.2) is 0 Å². The quantitative estimate of drug-likeness (QED) is 0.824. The van der Waals surface area contributed by atoms with Gasteiger partial charge < -0.3 is 5.32 Å². The summed E-state index contributed by atoms with van der Waals surface area (Å²) < 4.78 is 2.36. The van der Waals surface area contributed by atoms with Gasteiger partial charge in [0.05, 0.1) is 0 Å². The summed E-state index contributed by atoms with van der Waals surface area (Å²) in [5, 5.41) is 3.55. The van der Waals surface area contributed by atoms with Gasteiger partial charge in [-0.1, -0.05) is 38.3 Å². The van der Waals surface area contributed by atoms with Crippen molar-refractivity contribution in [3.05, 3.63) is 32.7 Å². The zero-order chi connectivity index (χ0) is 9.97. The number of benzene rings is 1. The van der Waals surface area contributed by atoms with Crippen molar-refractivity contribution in [3.63, 3.8) is 0 Å². The summed E-state index contributed by atoms with van der Waals surface area (Å²) in [5.41, 5.74) is 1.37. The molecule has 1 fully saturated rings. The fourth-order valence-corrected chi connectivity index (χ4v) is 2.80. The minimum atomic E-state index is 0.524. The molecular weight excluding hydrogens is 306 g/mol. The zero-order valence-corrected chi connectivity index (χ0v) is 11.1. The predicted molar refractivity (Wildman–Crippen MR) is 66.4 cm³/mol. The van der Waals surface area contributed by atoms with Gasteiger partial charge in [-0.25, -0.2) is 0 Å². The van der Waals surface area contributed by atoms with Crippen molar-refractivity contribution in [2.75, 3.05) is 6.54 Å². The Labute approximate surface area is 102 Å². The zero-order valence-electron chi connectivity index (χ0n) is 7.89. The maximum atomic E-state index is 3.61. The third kappa shape index (κ3) is 2.38. The van der Waals surface area contributed by atoms with E-state index in [1.807, 2.05) is 0 Å². The third-order valence-corrected chi connectivity index (χ3v) is 3.86. The highest BCUT2D eigenvalue weighted by atomic mass is 79.9. The normalized spacial score (nSPS) is 22.3. The maximum absolute atomic E-state index is 3.61. The topological polar surface area (TPSA) is 12.0 Å². The molecule has 1 unspecified atom stereocenters. The Bertz CT molecular complexity index is 319. The summed E-state index contributed by atoms with van der Waals surface area (Å²) in [7, 11) is 0. The molecule has 0 radical (unpaired) electrons. The van der Waals surface area contributed by atoms with Crippen LogP contribution in [0.3, 0.4) is 0 Å². The van der Waals surface area contributed by atoms with Crippen LogP contribution >= 0.6 is 31.9 Å². The second-order valence-corrected chi connectivity index (χ2v) is 5.44. The Morgan fingerprint density at radius 2 is 2.07 bits per heavy atom. The van der Waals surface area contributed by atoms with E-state index in [1.54, 1.807) is 0 Å². The van der Waals surface area contributed by atoms with E-state index in [9.17, 15) is 0 Å². The van der Waals surface area contributed by atoms with Crippen LogP contribution in [0.4, 0.5) is 0 Å². The smallest absolute Gasteiger partial charge is 0.0331 e. The van der Waals surface area contributed by atoms with Gasteiger partial charge in [-0.2, -0.15) is 0 Å². The molecule has 76 valence electrons. The van der Waals surface area contributed by atoms with E-state index in [1.165, 1.54) is 29.3 Å². The highest BCUT2D eigenvalue weighted by molar-refractivity contribution is 9.11. The highest BCUT2D eigenvalue weighted by Crippen LogP contribution is 2.31. The Balaban J connectivity index is 2.24. The van der Waals surface area contributed by atoms with E-state index in [2.05, 4.69) is 55.4 Å². The van der Waals surface area contributed by atoms with Crippen LogP contribution in [0.15, 0.2) is 27.1 Å². The van der Waals surface area contributed by atoms with Crippen LogP contribution in [-0.4, -0.2) is 6.54 Å². The van der Waals surface area contributed by atoms with E-state index in [0.29, 0.717) is 6.04 Å². The first-order valence-electron chi connectivity index (χ1n) is 4.96. The molecule has 1 nitrogen and oxygen atoms in total. The van der Waals surface area contributed by atoms with Crippen LogP contribution in [0.5, 0.6) is 0 Å². The van der Waals surface area contributed by atoms with Gasteiger partial charge in [0.25, 0.3) is 0 Å². The van der Waals surface area contributed by atoms with Gasteiger partial charge in [0, 0.05) is 15.0 Å². The number of nitrogens with one attached hydrogen (secondary N) is 1. The van der Waals surface area contributed by atoms with E-state index < -0.39 is 0 Å². The Kier molecular flexibility index (Phi) is 3.63. The van der Waals surface area contributed by atoms with Crippen molar-refractivity contribution in [2.24, 2.45) is 0 Å². The van der Waals surface area contributed by atoms with Crippen LogP contribution in [-0.2, 0) is 0 Å². The molecule has 0 bridgehead atoms. The summed E-state index contributed by atoms with van der Waals surface area (Å²) in [6.07, 6.45) is 3.88. The molecule has 3 heteroatoms. The first-order valence-corrected chi connectivity index (χ1v) is 6.54. The van der Waals surface area contributed by atoms with Crippen molar-refractivity contribution >= 4 is 31.9 Å². The van der Waals surface area contributed by atoms with Crippen LogP contribution in [0, 0.1) is 0 Å². The number of halogens is 2. The summed E-state index contributed by atoms with van der Waals surface area (Å²) >= 11 is 7.12. The van der Waals surface area contributed by atoms with Gasteiger partial charge >= 0.3 is 0 Å². The van der Waals surface area contributed by atoms with E-state index >= 15 is 0 Å². The predicted octanol–water partition coefficient (Wildman–Crippen LogP) is 4.03. The number of hydrogen-bond acceptors (Lipinski definition) is 1. The first-order chi connectivity index (χ1) is 6.77. The summed E-state index contributed by atoms with van der Waals surface area (Å²) in [5.74, 6) is 0. The van der Waals surface area contributed by atoms with Crippen molar-refractivity contribution in [2.45, 2.75) is 25.3 Å². The first kappa shape index (κ1) is 10.7. The molecule has 0 amide bonds. The largest absolute Gasteiger partial charge is 0.310 e. The second kappa shape index (κ2) is 4.77. The SMILES string of the molecule is Brc1ccc(Br)c(C2CCCCN2)c1. The number of rotatable bonds is 1. The number of piperidine rings is 1. The lowest BCUT2D eigenvalue weighted by Gasteiger charge is -2.24. The third-order valence-electron chi connectivity index (χ3n) is 2.64. The molecule has 2 rings (SSSR count). The molecule has 1 aliphatic rings. The Hall–Kier alpha value is 0.140. The summed E-state index contributed by atoms with van der Waals surface area (Å²) in [6.45, 7) is 1.14. The average Bonchev–Trinajstić information content (AvgIpc) is 2.23. The molecule has 1 heterocycles. The monoisotopic (exact) mass is 317 g/mol. The maximum Gasteiger partial charge on any atom is 0.0331 e. The van der Waals surface area contributed by atoms with Gasteiger partial charge in [0.1, 0.15) is 0 Å². The molecule has 0 aromatic heterocycles. The minimum Gasteiger partial charge on any atom is -0.310 e. The molecule has 0 aliphatic carbocycles. The van der Waals surface area contributed by atoms with E-state index in [0.717, 1.165) is 11.0 Å². The summed E-state index contributed by atoms with van der Waals surface area (Å²) in [4.78, 5) is 0. The molecule has 1 aromatic carbocycles. The molecular formula is C11H13Br2N. The van der Waals surface area contributed by atoms with Gasteiger partial charge in [-0.15, -0.1) is 0 Å². The van der Waals surface area contributed by atoms with E-state index in [4.69, 9.17) is 0 Å². The van der Waals surface area contributed by atoms with E-state index in [-0.39, 0.29) is 0 Å². The molecule has 0 saturated carbocycles. The molecule has 1 aliphatic heterocycles. The van der Waals surface area contributed by atoms with Gasteiger partial charge in [-0.05, 0) is 43.1 Å². The Morgan fingerprint density at radius 3 is 2.79 bits per heavy atom. The average molecular weight is 319 g/mol. The van der Waals surface area contributed by atoms with Crippen molar-refractivity contribution < 1.29 is 0 Å². The fraction of sp³-hybridized carbons (Fsp3) is 0.455. The molecule has 14 heavy (non-hydrogen) atoms. The molecule has 1 aromatic rings. The Morgan fingerprint density at radius 1 is 1.21 bits per heavy atom. The lowest BCUT2D eigenvalue weighted by atomic mass is 9.98. The lowest BCUT2D eigenvalue weighted by Crippen LogP contribution is -2.27. The molecule has 1 N–H and O–H groups in total. The molecule has 1 atom stereocenters. The standard InChI is InChI=1S/C11H13Br2N/c12-8-4-5-10(13)9(7-8)11-3-1-2-6-14-11/h4-5,7,11,14H,1-3,6H2. The summed E-state index contributed by atoms with van der Waals surface area (Å²) in [6, 6.07) is 6.90.